The fraction of sp³-hybridized carbons (Fsp3) is 0.750. The molecule has 116 valence electrons. The zero-order valence-electron chi connectivity index (χ0n) is 13.1. The van der Waals surface area contributed by atoms with E-state index in [1.54, 1.807) is 0 Å². The third kappa shape index (κ3) is 2.98. The van der Waals surface area contributed by atoms with Gasteiger partial charge in [-0.15, -0.1) is 0 Å². The van der Waals surface area contributed by atoms with Crippen LogP contribution in [-0.4, -0.2) is 40.3 Å². The van der Waals surface area contributed by atoms with Crippen LogP contribution < -0.4 is 10.2 Å². The van der Waals surface area contributed by atoms with Crippen LogP contribution in [-0.2, 0) is 0 Å². The molecule has 5 nitrogen and oxygen atoms in total. The van der Waals surface area contributed by atoms with E-state index in [2.05, 4.69) is 27.1 Å². The number of piperidine rings is 1. The van der Waals surface area contributed by atoms with Crippen molar-refractivity contribution in [1.29, 1.82) is 0 Å². The molecule has 2 fully saturated rings. The van der Waals surface area contributed by atoms with Crippen molar-refractivity contribution >= 4 is 11.8 Å². The molecule has 1 aliphatic carbocycles. The van der Waals surface area contributed by atoms with Gasteiger partial charge in [0.1, 0.15) is 5.82 Å². The summed E-state index contributed by atoms with van der Waals surface area (Å²) < 4.78 is 0. The lowest BCUT2D eigenvalue weighted by molar-refractivity contribution is -0.0613. The predicted octanol–water partition coefficient (Wildman–Crippen LogP) is 2.35. The molecule has 5 heteroatoms. The maximum Gasteiger partial charge on any atom is 0.224 e. The summed E-state index contributed by atoms with van der Waals surface area (Å²) in [5.74, 6) is 2.08. The summed E-state index contributed by atoms with van der Waals surface area (Å²) in [7, 11) is 0. The molecule has 3 rings (SSSR count). The Morgan fingerprint density at radius 2 is 2.24 bits per heavy atom. The number of hydrogen-bond donors (Lipinski definition) is 2. The van der Waals surface area contributed by atoms with Gasteiger partial charge in [0.25, 0.3) is 0 Å². The first-order valence-electron chi connectivity index (χ1n) is 8.17. The summed E-state index contributed by atoms with van der Waals surface area (Å²) in [5.41, 5.74) is 0.557. The highest BCUT2D eigenvalue weighted by Crippen LogP contribution is 2.40. The fourth-order valence-electron chi connectivity index (χ4n) is 3.73. The van der Waals surface area contributed by atoms with E-state index in [-0.39, 0.29) is 0 Å². The minimum atomic E-state index is -0.429. The van der Waals surface area contributed by atoms with Gasteiger partial charge < -0.3 is 15.3 Å². The first-order chi connectivity index (χ1) is 10.1. The van der Waals surface area contributed by atoms with Crippen LogP contribution in [0, 0.1) is 12.8 Å². The molecule has 2 unspecified atom stereocenters. The third-order valence-corrected chi connectivity index (χ3v) is 4.93. The molecule has 0 bridgehead atoms. The van der Waals surface area contributed by atoms with Gasteiger partial charge in [-0.25, -0.2) is 4.98 Å². The molecule has 2 heterocycles. The number of anilines is 2. The van der Waals surface area contributed by atoms with Crippen molar-refractivity contribution in [3.05, 3.63) is 11.8 Å². The van der Waals surface area contributed by atoms with Gasteiger partial charge in [0, 0.05) is 37.3 Å². The van der Waals surface area contributed by atoms with Crippen LogP contribution in [0.3, 0.4) is 0 Å². The van der Waals surface area contributed by atoms with Gasteiger partial charge in [0.05, 0.1) is 5.60 Å². The van der Waals surface area contributed by atoms with E-state index in [9.17, 15) is 5.11 Å². The molecule has 2 aliphatic rings. The van der Waals surface area contributed by atoms with Crippen molar-refractivity contribution in [2.45, 2.75) is 51.6 Å². The number of aryl methyl sites for hydroxylation is 1. The topological polar surface area (TPSA) is 61.3 Å². The molecule has 0 spiro atoms. The number of rotatable bonds is 3. The quantitative estimate of drug-likeness (QED) is 0.895. The maximum absolute atomic E-state index is 10.8. The molecule has 1 aliphatic heterocycles. The Bertz CT molecular complexity index is 507. The average molecular weight is 290 g/mol. The Kier molecular flexibility index (Phi) is 4.02. The molecule has 2 N–H and O–H groups in total. The third-order valence-electron chi connectivity index (χ3n) is 4.93. The first kappa shape index (κ1) is 14.6. The van der Waals surface area contributed by atoms with Crippen molar-refractivity contribution in [2.75, 3.05) is 29.9 Å². The second-order valence-electron chi connectivity index (χ2n) is 6.46. The summed E-state index contributed by atoms with van der Waals surface area (Å²) in [4.78, 5) is 11.4. The van der Waals surface area contributed by atoms with E-state index in [1.165, 1.54) is 12.8 Å². The van der Waals surface area contributed by atoms with Crippen molar-refractivity contribution < 1.29 is 5.11 Å². The Morgan fingerprint density at radius 3 is 3.05 bits per heavy atom. The van der Waals surface area contributed by atoms with Crippen molar-refractivity contribution in [3.8, 4) is 0 Å². The highest BCUT2D eigenvalue weighted by Gasteiger charge is 2.43. The molecule has 1 aromatic rings. The SMILES string of the molecule is CCNc1nc(C)cc(N2CCC3(O)CCCCC3C2)n1. The van der Waals surface area contributed by atoms with Gasteiger partial charge in [-0.2, -0.15) is 4.98 Å². The van der Waals surface area contributed by atoms with Crippen LogP contribution in [0.25, 0.3) is 0 Å². The van der Waals surface area contributed by atoms with Crippen LogP contribution in [0.5, 0.6) is 0 Å². The molecule has 1 saturated heterocycles. The number of nitrogens with zero attached hydrogens (tertiary/aromatic N) is 3. The lowest BCUT2D eigenvalue weighted by Crippen LogP contribution is -2.53. The highest BCUT2D eigenvalue weighted by molar-refractivity contribution is 5.45. The number of aromatic nitrogens is 2. The lowest BCUT2D eigenvalue weighted by atomic mass is 9.71. The summed E-state index contributed by atoms with van der Waals surface area (Å²) >= 11 is 0. The Hall–Kier alpha value is -1.36. The highest BCUT2D eigenvalue weighted by atomic mass is 16.3. The van der Waals surface area contributed by atoms with E-state index >= 15 is 0 Å². The van der Waals surface area contributed by atoms with Gasteiger partial charge in [0.2, 0.25) is 5.95 Å². The van der Waals surface area contributed by atoms with Crippen LogP contribution in [0.15, 0.2) is 6.07 Å². The Balaban J connectivity index is 1.78. The van der Waals surface area contributed by atoms with Crippen LogP contribution in [0.1, 0.15) is 44.7 Å². The summed E-state index contributed by atoms with van der Waals surface area (Å²) in [6.07, 6.45) is 5.38. The largest absolute Gasteiger partial charge is 0.389 e. The van der Waals surface area contributed by atoms with E-state index in [1.807, 2.05) is 13.0 Å². The van der Waals surface area contributed by atoms with Gasteiger partial charge in [-0.1, -0.05) is 12.8 Å². The lowest BCUT2D eigenvalue weighted by Gasteiger charge is -2.47. The second-order valence-corrected chi connectivity index (χ2v) is 6.46. The molecular weight excluding hydrogens is 264 g/mol. The standard InChI is InChI=1S/C16H26N4O/c1-3-17-15-18-12(2)10-14(19-15)20-9-8-16(21)7-5-4-6-13(16)11-20/h10,13,21H,3-9,11H2,1-2H3,(H,17,18,19). The summed E-state index contributed by atoms with van der Waals surface area (Å²) in [6, 6.07) is 2.05. The van der Waals surface area contributed by atoms with Crippen molar-refractivity contribution in [1.82, 2.24) is 9.97 Å². The first-order valence-corrected chi connectivity index (χ1v) is 8.17. The van der Waals surface area contributed by atoms with E-state index in [0.717, 1.165) is 50.4 Å². The van der Waals surface area contributed by atoms with Gasteiger partial charge in [-0.3, -0.25) is 0 Å². The monoisotopic (exact) mass is 290 g/mol. The van der Waals surface area contributed by atoms with Crippen LogP contribution in [0.4, 0.5) is 11.8 Å². The minimum Gasteiger partial charge on any atom is -0.389 e. The zero-order chi connectivity index (χ0) is 14.9. The Morgan fingerprint density at radius 1 is 1.38 bits per heavy atom. The molecular formula is C16H26N4O. The molecule has 21 heavy (non-hydrogen) atoms. The van der Waals surface area contributed by atoms with Crippen molar-refractivity contribution in [3.63, 3.8) is 0 Å². The smallest absolute Gasteiger partial charge is 0.224 e. The van der Waals surface area contributed by atoms with Crippen molar-refractivity contribution in [2.24, 2.45) is 5.92 Å². The number of fused-ring (bicyclic) bond motifs is 1. The summed E-state index contributed by atoms with van der Waals surface area (Å²) in [5, 5.41) is 14.0. The molecule has 1 saturated carbocycles. The number of aliphatic hydroxyl groups is 1. The maximum atomic E-state index is 10.8. The summed E-state index contributed by atoms with van der Waals surface area (Å²) in [6.45, 7) is 6.68. The van der Waals surface area contributed by atoms with Gasteiger partial charge in [-0.05, 0) is 33.1 Å². The molecule has 1 aromatic heterocycles. The van der Waals surface area contributed by atoms with Crippen LogP contribution >= 0.6 is 0 Å². The normalized spacial score (nSPS) is 29.1. The zero-order valence-corrected chi connectivity index (χ0v) is 13.1. The minimum absolute atomic E-state index is 0.387. The van der Waals surface area contributed by atoms with E-state index in [4.69, 9.17) is 0 Å². The molecule has 0 aromatic carbocycles. The van der Waals surface area contributed by atoms with Gasteiger partial charge >= 0.3 is 0 Å². The predicted molar refractivity (Wildman–Crippen MR) is 84.7 cm³/mol. The second kappa shape index (κ2) is 5.79. The Labute approximate surface area is 126 Å². The number of nitrogens with one attached hydrogen (secondary N) is 1. The van der Waals surface area contributed by atoms with E-state index < -0.39 is 5.60 Å². The molecule has 2 atom stereocenters. The van der Waals surface area contributed by atoms with E-state index in [0.29, 0.717) is 11.9 Å². The molecule has 0 amide bonds. The van der Waals surface area contributed by atoms with Gasteiger partial charge in [0.15, 0.2) is 0 Å². The van der Waals surface area contributed by atoms with Crippen LogP contribution in [0.2, 0.25) is 0 Å². The number of hydrogen-bond acceptors (Lipinski definition) is 5. The molecule has 0 radical (unpaired) electrons. The average Bonchev–Trinajstić information content (AvgIpc) is 2.46. The fourth-order valence-corrected chi connectivity index (χ4v) is 3.73.